The van der Waals surface area contributed by atoms with Crippen LogP contribution in [-0.2, 0) is 22.8 Å². The van der Waals surface area contributed by atoms with Gasteiger partial charge in [0.2, 0.25) is 0 Å². The predicted molar refractivity (Wildman–Crippen MR) is 80.5 cm³/mol. The number of sulfone groups is 1. The van der Waals surface area contributed by atoms with Crippen LogP contribution in [0.2, 0.25) is 0 Å². The maximum atomic E-state index is 11.5. The number of aryl methyl sites for hydroxylation is 1. The molecule has 0 aliphatic carbocycles. The molecule has 1 aliphatic heterocycles. The van der Waals surface area contributed by atoms with Crippen molar-refractivity contribution < 1.29 is 8.42 Å². The van der Waals surface area contributed by atoms with Crippen molar-refractivity contribution in [1.29, 1.82) is 0 Å². The van der Waals surface area contributed by atoms with Crippen molar-refractivity contribution in [2.75, 3.05) is 24.6 Å². The lowest BCUT2D eigenvalue weighted by Crippen LogP contribution is -2.46. The minimum absolute atomic E-state index is 0.111. The second-order valence-electron chi connectivity index (χ2n) is 4.95. The van der Waals surface area contributed by atoms with Gasteiger partial charge in [0.1, 0.15) is 0 Å². The average molecular weight is 302 g/mol. The number of hydrogen-bond acceptors (Lipinski definition) is 5. The highest BCUT2D eigenvalue weighted by atomic mass is 32.2. The fourth-order valence-electron chi connectivity index (χ4n) is 2.37. The maximum Gasteiger partial charge on any atom is 0.153 e. The first-order valence-corrected chi connectivity index (χ1v) is 9.50. The minimum atomic E-state index is -2.81. The van der Waals surface area contributed by atoms with Crippen LogP contribution < -0.4 is 10.6 Å². The zero-order valence-corrected chi connectivity index (χ0v) is 12.9. The molecule has 2 heterocycles. The molecule has 4 nitrogen and oxygen atoms in total. The van der Waals surface area contributed by atoms with Gasteiger partial charge in [-0.25, -0.2) is 8.42 Å². The highest BCUT2D eigenvalue weighted by Gasteiger charge is 2.23. The fraction of sp³-hybridized carbons (Fsp3) is 0.692. The molecule has 6 heteroatoms. The number of rotatable bonds is 6. The van der Waals surface area contributed by atoms with E-state index in [9.17, 15) is 8.42 Å². The van der Waals surface area contributed by atoms with Crippen LogP contribution in [0.15, 0.2) is 11.4 Å². The summed E-state index contributed by atoms with van der Waals surface area (Å²) in [5.74, 6) is 0.569. The Kier molecular flexibility index (Phi) is 5.38. The molecule has 1 aliphatic rings. The summed E-state index contributed by atoms with van der Waals surface area (Å²) >= 11 is 1.79. The molecule has 0 amide bonds. The molecule has 19 heavy (non-hydrogen) atoms. The summed E-state index contributed by atoms with van der Waals surface area (Å²) in [6.07, 6.45) is 1.94. The second kappa shape index (κ2) is 6.83. The van der Waals surface area contributed by atoms with Crippen LogP contribution in [0, 0.1) is 0 Å². The third kappa shape index (κ3) is 4.56. The molecule has 0 bridgehead atoms. The monoisotopic (exact) mass is 302 g/mol. The van der Waals surface area contributed by atoms with Gasteiger partial charge in [0.15, 0.2) is 9.84 Å². The molecule has 0 aromatic carbocycles. The first-order valence-electron chi connectivity index (χ1n) is 6.80. The van der Waals surface area contributed by atoms with E-state index in [1.54, 1.807) is 11.3 Å². The van der Waals surface area contributed by atoms with Gasteiger partial charge in [-0.2, -0.15) is 0 Å². The van der Waals surface area contributed by atoms with E-state index in [-0.39, 0.29) is 17.5 Å². The van der Waals surface area contributed by atoms with E-state index in [0.29, 0.717) is 6.54 Å². The van der Waals surface area contributed by atoms with E-state index in [0.717, 1.165) is 25.9 Å². The summed E-state index contributed by atoms with van der Waals surface area (Å²) in [6, 6.07) is 2.29. The Hall–Kier alpha value is -0.430. The molecule has 1 aromatic heterocycles. The van der Waals surface area contributed by atoms with E-state index in [1.165, 1.54) is 10.4 Å². The Morgan fingerprint density at radius 2 is 2.37 bits per heavy atom. The third-order valence-corrected chi connectivity index (χ3v) is 6.17. The number of nitrogens with one attached hydrogen (secondary N) is 2. The van der Waals surface area contributed by atoms with Gasteiger partial charge < -0.3 is 10.6 Å². The van der Waals surface area contributed by atoms with E-state index in [2.05, 4.69) is 29.0 Å². The van der Waals surface area contributed by atoms with Crippen molar-refractivity contribution in [1.82, 2.24) is 10.6 Å². The molecule has 1 saturated heterocycles. The van der Waals surface area contributed by atoms with Gasteiger partial charge in [-0.15, -0.1) is 11.3 Å². The second-order valence-corrected chi connectivity index (χ2v) is 8.18. The lowest BCUT2D eigenvalue weighted by atomic mass is 10.2. The van der Waals surface area contributed by atoms with Gasteiger partial charge in [-0.1, -0.05) is 6.92 Å². The molecule has 108 valence electrons. The fourth-order valence-corrected chi connectivity index (χ4v) is 4.81. The summed E-state index contributed by atoms with van der Waals surface area (Å²) in [4.78, 5) is 1.40. The lowest BCUT2D eigenvalue weighted by Gasteiger charge is -2.23. The Bertz CT molecular complexity index is 496. The lowest BCUT2D eigenvalue weighted by molar-refractivity contribution is 0.479. The van der Waals surface area contributed by atoms with Gasteiger partial charge in [0, 0.05) is 24.0 Å². The summed E-state index contributed by atoms with van der Waals surface area (Å²) < 4.78 is 23.0. The molecule has 0 radical (unpaired) electrons. The van der Waals surface area contributed by atoms with Crippen LogP contribution in [0.3, 0.4) is 0 Å². The van der Waals surface area contributed by atoms with Crippen LogP contribution >= 0.6 is 11.3 Å². The summed E-state index contributed by atoms with van der Waals surface area (Å²) in [6.45, 7) is 4.51. The highest BCUT2D eigenvalue weighted by Crippen LogP contribution is 2.16. The standard InChI is InChI=1S/C13H22N2O2S2/c1-2-11-4-7-18-13(11)9-14-5-3-12-10-19(16,17)8-6-15-12/h4,7,12,14-15H,2-3,5-6,8-10H2,1H3. The zero-order chi connectivity index (χ0) is 13.7. The van der Waals surface area contributed by atoms with Crippen molar-refractivity contribution in [2.24, 2.45) is 0 Å². The first kappa shape index (κ1) is 15.0. The minimum Gasteiger partial charge on any atom is -0.312 e. The van der Waals surface area contributed by atoms with E-state index in [1.807, 2.05) is 0 Å². The highest BCUT2D eigenvalue weighted by molar-refractivity contribution is 7.91. The Morgan fingerprint density at radius 1 is 1.53 bits per heavy atom. The van der Waals surface area contributed by atoms with Gasteiger partial charge in [0.25, 0.3) is 0 Å². The third-order valence-electron chi connectivity index (χ3n) is 3.47. The summed E-state index contributed by atoms with van der Waals surface area (Å²) in [5.41, 5.74) is 1.41. The molecular weight excluding hydrogens is 280 g/mol. The molecule has 1 unspecified atom stereocenters. The van der Waals surface area contributed by atoms with Gasteiger partial charge in [0.05, 0.1) is 11.5 Å². The van der Waals surface area contributed by atoms with Crippen molar-refractivity contribution in [2.45, 2.75) is 32.4 Å². The van der Waals surface area contributed by atoms with Gasteiger partial charge in [-0.05, 0) is 36.4 Å². The largest absolute Gasteiger partial charge is 0.312 e. The molecule has 2 rings (SSSR count). The molecule has 0 spiro atoms. The smallest absolute Gasteiger partial charge is 0.153 e. The Morgan fingerprint density at radius 3 is 3.11 bits per heavy atom. The molecule has 0 saturated carbocycles. The SMILES string of the molecule is CCc1ccsc1CNCCC1CS(=O)(=O)CCN1. The predicted octanol–water partition coefficient (Wildman–Crippen LogP) is 1.18. The molecular formula is C13H22N2O2S2. The van der Waals surface area contributed by atoms with Crippen LogP contribution in [0.25, 0.3) is 0 Å². The van der Waals surface area contributed by atoms with Crippen molar-refractivity contribution in [3.63, 3.8) is 0 Å². The van der Waals surface area contributed by atoms with E-state index >= 15 is 0 Å². The average Bonchev–Trinajstić information content (AvgIpc) is 2.81. The maximum absolute atomic E-state index is 11.5. The van der Waals surface area contributed by atoms with Crippen molar-refractivity contribution in [3.8, 4) is 0 Å². The Balaban J connectivity index is 1.70. The van der Waals surface area contributed by atoms with Gasteiger partial charge in [-0.3, -0.25) is 0 Å². The summed E-state index contributed by atoms with van der Waals surface area (Å²) in [5, 5.41) is 8.82. The van der Waals surface area contributed by atoms with E-state index < -0.39 is 9.84 Å². The normalized spacial score (nSPS) is 22.5. The van der Waals surface area contributed by atoms with Crippen LogP contribution in [0.4, 0.5) is 0 Å². The molecule has 2 N–H and O–H groups in total. The molecule has 1 aromatic rings. The first-order chi connectivity index (χ1) is 9.11. The summed E-state index contributed by atoms with van der Waals surface area (Å²) in [7, 11) is -2.81. The van der Waals surface area contributed by atoms with Crippen LogP contribution in [-0.4, -0.2) is 39.1 Å². The van der Waals surface area contributed by atoms with Crippen LogP contribution in [0.5, 0.6) is 0 Å². The molecule has 1 fully saturated rings. The zero-order valence-electron chi connectivity index (χ0n) is 11.3. The van der Waals surface area contributed by atoms with Gasteiger partial charge >= 0.3 is 0 Å². The number of hydrogen-bond donors (Lipinski definition) is 2. The van der Waals surface area contributed by atoms with E-state index in [4.69, 9.17) is 0 Å². The van der Waals surface area contributed by atoms with Crippen molar-refractivity contribution >= 4 is 21.2 Å². The molecule has 1 atom stereocenters. The number of thiophene rings is 1. The van der Waals surface area contributed by atoms with Crippen LogP contribution in [0.1, 0.15) is 23.8 Å². The van der Waals surface area contributed by atoms with Crippen molar-refractivity contribution in [3.05, 3.63) is 21.9 Å². The Labute approximate surface area is 119 Å². The quantitative estimate of drug-likeness (QED) is 0.775. The topological polar surface area (TPSA) is 58.2 Å².